The van der Waals surface area contributed by atoms with Gasteiger partial charge in [-0.15, -0.1) is 0 Å². The first-order chi connectivity index (χ1) is 23.1. The Hall–Kier alpha value is -4.68. The van der Waals surface area contributed by atoms with Crippen LogP contribution in [0.15, 0.2) is 71.7 Å². The van der Waals surface area contributed by atoms with Gasteiger partial charge in [0.15, 0.2) is 11.6 Å². The van der Waals surface area contributed by atoms with Gasteiger partial charge in [0.25, 0.3) is 0 Å². The average Bonchev–Trinajstić information content (AvgIpc) is 3.49. The molecule has 1 unspecified atom stereocenters. The minimum atomic E-state index is -3.47. The number of alkyl halides is 2. The van der Waals surface area contributed by atoms with Gasteiger partial charge in [-0.25, -0.2) is 8.78 Å². The Labute approximate surface area is 285 Å². The third-order valence-corrected chi connectivity index (χ3v) is 8.66. The Morgan fingerprint density at radius 3 is 2.08 bits per heavy atom. The molecular formula is C41H35F4NOS. The van der Waals surface area contributed by atoms with Crippen molar-refractivity contribution >= 4 is 23.1 Å². The maximum absolute atomic E-state index is 15.3. The van der Waals surface area contributed by atoms with Crippen molar-refractivity contribution in [1.29, 1.82) is 0 Å². The van der Waals surface area contributed by atoms with E-state index in [2.05, 4.69) is 47.8 Å². The Kier molecular flexibility index (Phi) is 11.2. The monoisotopic (exact) mass is 665 g/mol. The van der Waals surface area contributed by atoms with E-state index < -0.39 is 23.4 Å². The van der Waals surface area contributed by atoms with E-state index in [0.717, 1.165) is 77.6 Å². The predicted octanol–water partition coefficient (Wildman–Crippen LogP) is 10.7. The number of hydrogen-bond acceptors (Lipinski definition) is 3. The quantitative estimate of drug-likeness (QED) is 0.0768. The highest BCUT2D eigenvalue weighted by Gasteiger charge is 2.36. The number of halogens is 4. The van der Waals surface area contributed by atoms with Crippen LogP contribution in [-0.4, -0.2) is 5.16 Å². The zero-order valence-electron chi connectivity index (χ0n) is 27.2. The number of fused-ring (bicyclic) bond motifs is 1. The van der Waals surface area contributed by atoms with Crippen LogP contribution < -0.4 is 4.74 Å². The number of unbranched alkanes of at least 4 members (excludes halogenated alkanes) is 1. The van der Waals surface area contributed by atoms with E-state index in [4.69, 9.17) is 4.74 Å². The molecule has 0 saturated heterocycles. The average molecular weight is 666 g/mol. The highest BCUT2D eigenvalue weighted by molar-refractivity contribution is 7.78. The number of aliphatic imine (C=N–C) groups is 1. The predicted molar refractivity (Wildman–Crippen MR) is 186 cm³/mol. The molecule has 7 heteroatoms. The molecule has 4 aromatic rings. The van der Waals surface area contributed by atoms with Crippen LogP contribution in [0.1, 0.15) is 90.1 Å². The van der Waals surface area contributed by atoms with Crippen molar-refractivity contribution in [2.75, 3.05) is 0 Å². The number of ether oxygens (including phenoxy) is 1. The van der Waals surface area contributed by atoms with Crippen molar-refractivity contribution in [3.8, 4) is 29.4 Å². The van der Waals surface area contributed by atoms with E-state index in [0.29, 0.717) is 24.3 Å². The molecule has 1 aliphatic carbocycles. The second kappa shape index (κ2) is 15.5. The first-order valence-corrected chi connectivity index (χ1v) is 16.6. The fourth-order valence-corrected chi connectivity index (χ4v) is 6.09. The van der Waals surface area contributed by atoms with E-state index in [1.54, 1.807) is 18.2 Å². The summed E-state index contributed by atoms with van der Waals surface area (Å²) in [5.74, 6) is 11.0. The minimum Gasteiger partial charge on any atom is -0.429 e. The molecule has 0 aliphatic heterocycles. The molecule has 0 aromatic heterocycles. The van der Waals surface area contributed by atoms with Gasteiger partial charge in [0, 0.05) is 22.3 Å². The van der Waals surface area contributed by atoms with Crippen LogP contribution in [0.25, 0.3) is 0 Å². The third-order valence-electron chi connectivity index (χ3n) is 8.57. The van der Waals surface area contributed by atoms with Crippen molar-refractivity contribution in [2.45, 2.75) is 71.8 Å². The maximum atomic E-state index is 15.3. The Balaban J connectivity index is 1.31. The number of thiocarbonyl (C=S) groups is 1. The highest BCUT2D eigenvalue weighted by Crippen LogP contribution is 2.37. The fourth-order valence-electron chi connectivity index (χ4n) is 6.00. The van der Waals surface area contributed by atoms with Gasteiger partial charge in [-0.05, 0) is 133 Å². The summed E-state index contributed by atoms with van der Waals surface area (Å²) in [6.45, 7) is 6.09. The van der Waals surface area contributed by atoms with Gasteiger partial charge in [-0.3, -0.25) is 0 Å². The van der Waals surface area contributed by atoms with Gasteiger partial charge >= 0.3 is 6.11 Å². The first-order valence-electron chi connectivity index (χ1n) is 16.2. The molecule has 1 aliphatic rings. The zero-order chi connectivity index (χ0) is 34.3. The Morgan fingerprint density at radius 1 is 0.771 bits per heavy atom. The zero-order valence-corrected chi connectivity index (χ0v) is 28.0. The Morgan fingerprint density at radius 2 is 1.42 bits per heavy atom. The molecule has 0 radical (unpaired) electrons. The molecule has 0 amide bonds. The normalized spacial score (nSPS) is 13.4. The van der Waals surface area contributed by atoms with E-state index >= 15 is 8.78 Å². The van der Waals surface area contributed by atoms with Gasteiger partial charge in [0.1, 0.15) is 11.4 Å². The lowest BCUT2D eigenvalue weighted by atomic mass is 9.99. The number of benzene rings is 4. The maximum Gasteiger partial charge on any atom is 0.426 e. The molecule has 5 rings (SSSR count). The summed E-state index contributed by atoms with van der Waals surface area (Å²) in [5, 5.41) is 1.97. The summed E-state index contributed by atoms with van der Waals surface area (Å²) in [5.41, 5.74) is 5.59. The molecule has 1 atom stereocenters. The molecule has 4 aromatic carbocycles. The van der Waals surface area contributed by atoms with Crippen LogP contribution in [0, 0.1) is 41.2 Å². The van der Waals surface area contributed by atoms with E-state index in [1.807, 2.05) is 43.3 Å². The summed E-state index contributed by atoms with van der Waals surface area (Å²) in [6, 6.07) is 17.5. The van der Waals surface area contributed by atoms with Gasteiger partial charge < -0.3 is 4.74 Å². The Bertz CT molecular complexity index is 1980. The molecule has 0 saturated carbocycles. The summed E-state index contributed by atoms with van der Waals surface area (Å²) >= 11 is 4.44. The van der Waals surface area contributed by atoms with Crippen LogP contribution in [0.5, 0.6) is 5.75 Å². The van der Waals surface area contributed by atoms with Crippen LogP contribution in [-0.2, 0) is 31.8 Å². The SMILES string of the molecule is CCCCC1Cc2ccc(C(F)(F)Oc3ccc(C#Cc4ccc(C#Cc5cc(F)c(N=C=S)c(F)c5)c(CC)c4)c(CC)c3)cc2C1. The largest absolute Gasteiger partial charge is 0.429 e. The molecule has 0 N–H and O–H groups in total. The van der Waals surface area contributed by atoms with Crippen molar-refractivity contribution in [1.82, 2.24) is 0 Å². The smallest absolute Gasteiger partial charge is 0.426 e. The van der Waals surface area contributed by atoms with Crippen LogP contribution in [0.2, 0.25) is 0 Å². The van der Waals surface area contributed by atoms with Crippen molar-refractivity contribution in [3.63, 3.8) is 0 Å². The summed E-state index contributed by atoms with van der Waals surface area (Å²) in [7, 11) is 0. The lowest BCUT2D eigenvalue weighted by Crippen LogP contribution is -2.22. The van der Waals surface area contributed by atoms with Gasteiger partial charge in [-0.1, -0.05) is 63.4 Å². The molecule has 0 bridgehead atoms. The number of isothiocyanates is 1. The molecule has 0 heterocycles. The summed E-state index contributed by atoms with van der Waals surface area (Å²) in [6.07, 6.45) is 2.98. The van der Waals surface area contributed by atoms with Crippen molar-refractivity contribution in [2.24, 2.45) is 10.9 Å². The third kappa shape index (κ3) is 8.23. The molecule has 2 nitrogen and oxygen atoms in total. The number of nitrogens with zero attached hydrogens (tertiary/aromatic N) is 1. The second-order valence-corrected chi connectivity index (χ2v) is 12.1. The summed E-state index contributed by atoms with van der Waals surface area (Å²) < 4.78 is 64.4. The minimum absolute atomic E-state index is 0.0840. The topological polar surface area (TPSA) is 21.6 Å². The lowest BCUT2D eigenvalue weighted by Gasteiger charge is -2.20. The van der Waals surface area contributed by atoms with Crippen LogP contribution in [0.3, 0.4) is 0 Å². The van der Waals surface area contributed by atoms with E-state index in [1.165, 1.54) is 12.1 Å². The van der Waals surface area contributed by atoms with E-state index in [-0.39, 0.29) is 16.9 Å². The lowest BCUT2D eigenvalue weighted by molar-refractivity contribution is -0.185. The summed E-state index contributed by atoms with van der Waals surface area (Å²) in [4.78, 5) is 3.42. The fraction of sp³-hybridized carbons (Fsp3) is 0.293. The van der Waals surface area contributed by atoms with Gasteiger partial charge in [0.2, 0.25) is 0 Å². The highest BCUT2D eigenvalue weighted by atomic mass is 32.1. The first kappa shape index (κ1) is 34.6. The van der Waals surface area contributed by atoms with Gasteiger partial charge in [0.05, 0.1) is 10.7 Å². The molecule has 48 heavy (non-hydrogen) atoms. The van der Waals surface area contributed by atoms with Crippen LogP contribution >= 0.6 is 12.2 Å². The molecule has 244 valence electrons. The number of rotatable bonds is 9. The molecule has 0 fully saturated rings. The second-order valence-electron chi connectivity index (χ2n) is 11.9. The number of aryl methyl sites for hydroxylation is 2. The molecule has 0 spiro atoms. The van der Waals surface area contributed by atoms with Crippen molar-refractivity contribution in [3.05, 3.63) is 128 Å². The standard InChI is InChI=1S/C41H35F4NOS/c1-4-7-8-28-20-34-15-17-36(24-35(34)21-28)41(44,45)47-37-18-16-33(31(6-3)25-37)13-10-27-9-12-32(30(5-2)19-27)14-11-29-22-38(42)40(46-26-48)39(43)23-29/h9,12,15-19,22-25,28H,4-8,20-21H2,1-3H3. The number of hydrogen-bond donors (Lipinski definition) is 0. The van der Waals surface area contributed by atoms with E-state index in [9.17, 15) is 8.78 Å². The van der Waals surface area contributed by atoms with Crippen molar-refractivity contribution < 1.29 is 22.3 Å². The van der Waals surface area contributed by atoms with Gasteiger partial charge in [-0.2, -0.15) is 13.8 Å². The molecular weight excluding hydrogens is 631 g/mol. The van der Waals surface area contributed by atoms with Crippen LogP contribution in [0.4, 0.5) is 23.2 Å².